The highest BCUT2D eigenvalue weighted by Crippen LogP contribution is 2.41. The van der Waals surface area contributed by atoms with Gasteiger partial charge in [-0.05, 0) is 58.9 Å². The zero-order chi connectivity index (χ0) is 15.8. The number of aliphatic hydroxyl groups is 1. The van der Waals surface area contributed by atoms with Crippen LogP contribution in [0.3, 0.4) is 0 Å². The van der Waals surface area contributed by atoms with Gasteiger partial charge in [-0.25, -0.2) is 0 Å². The van der Waals surface area contributed by atoms with Crippen LogP contribution in [0, 0.1) is 0 Å². The molecule has 0 aliphatic carbocycles. The SMILES string of the molecule is CCN(CC)c1ccc(N2C(=O)CC(C)(O)C2(C)C)cc1. The first kappa shape index (κ1) is 15.8. The highest BCUT2D eigenvalue weighted by Gasteiger charge is 2.54. The lowest BCUT2D eigenvalue weighted by atomic mass is 9.85. The van der Waals surface area contributed by atoms with Crippen LogP contribution < -0.4 is 9.80 Å². The molecular formula is C17H26N2O2. The minimum Gasteiger partial charge on any atom is -0.387 e. The zero-order valence-corrected chi connectivity index (χ0v) is 13.7. The predicted octanol–water partition coefficient (Wildman–Crippen LogP) is 2.80. The van der Waals surface area contributed by atoms with Gasteiger partial charge in [0.05, 0.1) is 17.6 Å². The molecule has 0 spiro atoms. The molecule has 1 heterocycles. The fourth-order valence-corrected chi connectivity index (χ4v) is 3.01. The topological polar surface area (TPSA) is 43.8 Å². The standard InChI is InChI=1S/C17H26N2O2/c1-6-18(7-2)13-8-10-14(11-9-13)19-15(20)12-17(5,21)16(19,3)4/h8-11,21H,6-7,12H2,1-5H3. The van der Waals surface area contributed by atoms with E-state index in [2.05, 4.69) is 18.7 Å². The van der Waals surface area contributed by atoms with Crippen LogP contribution in [0.5, 0.6) is 0 Å². The summed E-state index contributed by atoms with van der Waals surface area (Å²) in [5.41, 5.74) is 0.376. The molecule has 116 valence electrons. The van der Waals surface area contributed by atoms with Crippen LogP contribution >= 0.6 is 0 Å². The van der Waals surface area contributed by atoms with Crippen molar-refractivity contribution in [2.24, 2.45) is 0 Å². The lowest BCUT2D eigenvalue weighted by molar-refractivity contribution is -0.118. The number of amides is 1. The van der Waals surface area contributed by atoms with Gasteiger partial charge < -0.3 is 14.9 Å². The highest BCUT2D eigenvalue weighted by molar-refractivity contribution is 5.99. The summed E-state index contributed by atoms with van der Waals surface area (Å²) in [6, 6.07) is 8.01. The smallest absolute Gasteiger partial charge is 0.230 e. The maximum absolute atomic E-state index is 12.3. The second kappa shape index (κ2) is 5.34. The number of nitrogens with zero attached hydrogens (tertiary/aromatic N) is 2. The summed E-state index contributed by atoms with van der Waals surface area (Å²) in [6.45, 7) is 11.7. The first-order valence-corrected chi connectivity index (χ1v) is 7.65. The second-order valence-corrected chi connectivity index (χ2v) is 6.43. The van der Waals surface area contributed by atoms with Crippen molar-refractivity contribution in [3.05, 3.63) is 24.3 Å². The molecule has 1 aliphatic heterocycles. The van der Waals surface area contributed by atoms with Gasteiger partial charge in [-0.15, -0.1) is 0 Å². The van der Waals surface area contributed by atoms with E-state index < -0.39 is 11.1 Å². The van der Waals surface area contributed by atoms with Crippen LogP contribution in [0.25, 0.3) is 0 Å². The van der Waals surface area contributed by atoms with Crippen molar-refractivity contribution in [3.8, 4) is 0 Å². The van der Waals surface area contributed by atoms with E-state index in [4.69, 9.17) is 0 Å². The Morgan fingerprint density at radius 2 is 1.67 bits per heavy atom. The lowest BCUT2D eigenvalue weighted by Gasteiger charge is -2.39. The van der Waals surface area contributed by atoms with E-state index in [1.807, 2.05) is 38.1 Å². The molecule has 0 bridgehead atoms. The average molecular weight is 290 g/mol. The van der Waals surface area contributed by atoms with Crippen molar-refractivity contribution in [2.45, 2.75) is 52.2 Å². The van der Waals surface area contributed by atoms with Gasteiger partial charge in [0.1, 0.15) is 0 Å². The van der Waals surface area contributed by atoms with Crippen molar-refractivity contribution in [3.63, 3.8) is 0 Å². The third kappa shape index (κ3) is 2.53. The molecule has 1 fully saturated rings. The Hall–Kier alpha value is -1.55. The molecule has 1 unspecified atom stereocenters. The molecule has 0 radical (unpaired) electrons. The van der Waals surface area contributed by atoms with Gasteiger partial charge in [0, 0.05) is 24.5 Å². The van der Waals surface area contributed by atoms with Crippen LogP contribution in [0.4, 0.5) is 11.4 Å². The molecule has 1 N–H and O–H groups in total. The van der Waals surface area contributed by atoms with Gasteiger partial charge in [0.15, 0.2) is 0 Å². The Balaban J connectivity index is 2.33. The highest BCUT2D eigenvalue weighted by atomic mass is 16.3. The van der Waals surface area contributed by atoms with Gasteiger partial charge in [-0.2, -0.15) is 0 Å². The van der Waals surface area contributed by atoms with E-state index in [0.717, 1.165) is 24.5 Å². The van der Waals surface area contributed by atoms with Crippen LogP contribution in [0.2, 0.25) is 0 Å². The lowest BCUT2D eigenvalue weighted by Crippen LogP contribution is -2.52. The summed E-state index contributed by atoms with van der Waals surface area (Å²) >= 11 is 0. The normalized spacial score (nSPS) is 24.5. The average Bonchev–Trinajstić information content (AvgIpc) is 2.56. The van der Waals surface area contributed by atoms with Gasteiger partial charge in [0.25, 0.3) is 0 Å². The number of carbonyl (C=O) groups excluding carboxylic acids is 1. The maximum atomic E-state index is 12.3. The number of benzene rings is 1. The summed E-state index contributed by atoms with van der Waals surface area (Å²) in [4.78, 5) is 16.3. The summed E-state index contributed by atoms with van der Waals surface area (Å²) in [5, 5.41) is 10.5. The van der Waals surface area contributed by atoms with E-state index in [9.17, 15) is 9.90 Å². The molecule has 0 saturated carbocycles. The van der Waals surface area contributed by atoms with Gasteiger partial charge in [-0.3, -0.25) is 4.79 Å². The molecule has 4 nitrogen and oxygen atoms in total. The van der Waals surface area contributed by atoms with E-state index in [1.165, 1.54) is 0 Å². The Bertz CT molecular complexity index is 516. The van der Waals surface area contributed by atoms with Crippen molar-refractivity contribution in [2.75, 3.05) is 22.9 Å². The van der Waals surface area contributed by atoms with Crippen molar-refractivity contribution in [1.82, 2.24) is 0 Å². The number of hydrogen-bond acceptors (Lipinski definition) is 3. The van der Waals surface area contributed by atoms with Gasteiger partial charge >= 0.3 is 0 Å². The van der Waals surface area contributed by atoms with Gasteiger partial charge in [0.2, 0.25) is 5.91 Å². The molecule has 1 amide bonds. The predicted molar refractivity (Wildman–Crippen MR) is 86.8 cm³/mol. The molecule has 1 saturated heterocycles. The van der Waals surface area contributed by atoms with Gasteiger partial charge in [-0.1, -0.05) is 0 Å². The quantitative estimate of drug-likeness (QED) is 0.927. The van der Waals surface area contributed by atoms with Crippen LogP contribution in [0.1, 0.15) is 41.0 Å². The third-order valence-corrected chi connectivity index (χ3v) is 4.86. The van der Waals surface area contributed by atoms with Crippen LogP contribution in [-0.4, -0.2) is 35.2 Å². The van der Waals surface area contributed by atoms with Crippen LogP contribution in [-0.2, 0) is 4.79 Å². The molecule has 1 aliphatic rings. The van der Waals surface area contributed by atoms with Crippen molar-refractivity contribution >= 4 is 17.3 Å². The van der Waals surface area contributed by atoms with Crippen molar-refractivity contribution < 1.29 is 9.90 Å². The first-order chi connectivity index (χ1) is 9.74. The van der Waals surface area contributed by atoms with Crippen molar-refractivity contribution in [1.29, 1.82) is 0 Å². The van der Waals surface area contributed by atoms with E-state index in [-0.39, 0.29) is 12.3 Å². The molecule has 1 atom stereocenters. The summed E-state index contributed by atoms with van der Waals surface area (Å²) in [6.07, 6.45) is 0.164. The Morgan fingerprint density at radius 1 is 1.14 bits per heavy atom. The molecule has 21 heavy (non-hydrogen) atoms. The fourth-order valence-electron chi connectivity index (χ4n) is 3.01. The number of carbonyl (C=O) groups is 1. The Morgan fingerprint density at radius 3 is 2.05 bits per heavy atom. The monoisotopic (exact) mass is 290 g/mol. The molecule has 0 aromatic heterocycles. The minimum absolute atomic E-state index is 0.0272. The molecule has 1 aromatic rings. The van der Waals surface area contributed by atoms with E-state index >= 15 is 0 Å². The number of anilines is 2. The zero-order valence-electron chi connectivity index (χ0n) is 13.7. The third-order valence-electron chi connectivity index (χ3n) is 4.86. The maximum Gasteiger partial charge on any atom is 0.230 e. The summed E-state index contributed by atoms with van der Waals surface area (Å²) in [7, 11) is 0. The largest absolute Gasteiger partial charge is 0.387 e. The minimum atomic E-state index is -1.01. The fraction of sp³-hybridized carbons (Fsp3) is 0.588. The first-order valence-electron chi connectivity index (χ1n) is 7.65. The summed E-state index contributed by atoms with van der Waals surface area (Å²) < 4.78 is 0. The Labute approximate surface area is 127 Å². The molecule has 1 aromatic carbocycles. The number of rotatable bonds is 4. The molecule has 2 rings (SSSR count). The number of hydrogen-bond donors (Lipinski definition) is 1. The second-order valence-electron chi connectivity index (χ2n) is 6.43. The Kier molecular flexibility index (Phi) is 4.02. The van der Waals surface area contributed by atoms with Crippen LogP contribution in [0.15, 0.2) is 24.3 Å². The van der Waals surface area contributed by atoms with E-state index in [0.29, 0.717) is 0 Å². The van der Waals surface area contributed by atoms with E-state index in [1.54, 1.807) is 11.8 Å². The summed E-state index contributed by atoms with van der Waals surface area (Å²) in [5.74, 6) is -0.0272. The molecular weight excluding hydrogens is 264 g/mol. The molecule has 4 heteroatoms.